The zero-order chi connectivity index (χ0) is 9.14. The van der Waals surface area contributed by atoms with Crippen molar-refractivity contribution in [3.05, 3.63) is 0 Å². The molecule has 0 saturated heterocycles. The van der Waals surface area contributed by atoms with Crippen molar-refractivity contribution < 1.29 is 5.11 Å². The Morgan fingerprint density at radius 1 is 1.17 bits per heavy atom. The van der Waals surface area contributed by atoms with Gasteiger partial charge in [-0.1, -0.05) is 33.6 Å². The van der Waals surface area contributed by atoms with E-state index in [0.29, 0.717) is 11.8 Å². The van der Waals surface area contributed by atoms with Crippen LogP contribution in [0.5, 0.6) is 0 Å². The first kappa shape index (κ1) is 10.0. The molecule has 0 spiro atoms. The topological polar surface area (TPSA) is 20.2 Å². The summed E-state index contributed by atoms with van der Waals surface area (Å²) in [4.78, 5) is 0. The zero-order valence-electron chi connectivity index (χ0n) is 8.59. The van der Waals surface area contributed by atoms with Gasteiger partial charge in [0, 0.05) is 0 Å². The molecule has 0 aromatic carbocycles. The van der Waals surface area contributed by atoms with E-state index >= 15 is 0 Å². The maximum absolute atomic E-state index is 9.94. The molecule has 1 aliphatic rings. The van der Waals surface area contributed by atoms with Crippen LogP contribution in [-0.4, -0.2) is 11.2 Å². The van der Waals surface area contributed by atoms with Crippen molar-refractivity contribution in [1.29, 1.82) is 0 Å². The van der Waals surface area contributed by atoms with Crippen LogP contribution < -0.4 is 0 Å². The highest BCUT2D eigenvalue weighted by atomic mass is 16.3. The van der Waals surface area contributed by atoms with E-state index < -0.39 is 0 Å². The molecule has 0 radical (unpaired) electrons. The molecular weight excluding hydrogens is 148 g/mol. The summed E-state index contributed by atoms with van der Waals surface area (Å²) < 4.78 is 0. The van der Waals surface area contributed by atoms with Gasteiger partial charge in [0.05, 0.1) is 6.10 Å². The van der Waals surface area contributed by atoms with Gasteiger partial charge in [-0.05, 0) is 30.6 Å². The molecule has 1 aliphatic carbocycles. The molecule has 1 saturated carbocycles. The molecule has 72 valence electrons. The zero-order valence-corrected chi connectivity index (χ0v) is 8.59. The molecule has 0 aromatic rings. The average Bonchev–Trinajstić information content (AvgIpc) is 2.06. The molecule has 4 atom stereocenters. The van der Waals surface area contributed by atoms with Crippen LogP contribution in [-0.2, 0) is 0 Å². The lowest BCUT2D eigenvalue weighted by atomic mass is 9.71. The van der Waals surface area contributed by atoms with E-state index in [1.54, 1.807) is 0 Å². The first-order valence-corrected chi connectivity index (χ1v) is 5.34. The third-order valence-electron chi connectivity index (χ3n) is 3.45. The second kappa shape index (κ2) is 4.27. The number of rotatable bonds is 2. The van der Waals surface area contributed by atoms with Gasteiger partial charge in [0.25, 0.3) is 0 Å². The Morgan fingerprint density at radius 3 is 2.33 bits per heavy atom. The molecule has 4 unspecified atom stereocenters. The Morgan fingerprint density at radius 2 is 1.75 bits per heavy atom. The monoisotopic (exact) mass is 170 g/mol. The molecule has 1 rings (SSSR count). The third-order valence-corrected chi connectivity index (χ3v) is 3.45. The Labute approximate surface area is 76.2 Å². The van der Waals surface area contributed by atoms with Crippen LogP contribution in [0, 0.1) is 17.8 Å². The molecule has 0 aliphatic heterocycles. The first-order valence-electron chi connectivity index (χ1n) is 5.34. The maximum Gasteiger partial charge on any atom is 0.0596 e. The van der Waals surface area contributed by atoms with Gasteiger partial charge in [0.15, 0.2) is 0 Å². The van der Waals surface area contributed by atoms with E-state index in [4.69, 9.17) is 0 Å². The van der Waals surface area contributed by atoms with Gasteiger partial charge in [0.2, 0.25) is 0 Å². The summed E-state index contributed by atoms with van der Waals surface area (Å²) in [5.74, 6) is 1.83. The number of hydrogen-bond donors (Lipinski definition) is 1. The Balaban J connectivity index is 2.52. The minimum Gasteiger partial charge on any atom is -0.393 e. The van der Waals surface area contributed by atoms with Gasteiger partial charge >= 0.3 is 0 Å². The van der Waals surface area contributed by atoms with Gasteiger partial charge in [-0.3, -0.25) is 0 Å². The fourth-order valence-corrected chi connectivity index (χ4v) is 2.46. The Kier molecular flexibility index (Phi) is 3.57. The highest BCUT2D eigenvalue weighted by Crippen LogP contribution is 2.36. The van der Waals surface area contributed by atoms with Crippen LogP contribution in [0.2, 0.25) is 0 Å². The normalized spacial score (nSPS) is 43.0. The molecule has 1 N–H and O–H groups in total. The molecule has 0 aromatic heterocycles. The fraction of sp³-hybridized carbons (Fsp3) is 1.00. The van der Waals surface area contributed by atoms with Crippen LogP contribution in [0.25, 0.3) is 0 Å². The summed E-state index contributed by atoms with van der Waals surface area (Å²) in [6, 6.07) is 0. The smallest absolute Gasteiger partial charge is 0.0596 e. The summed E-state index contributed by atoms with van der Waals surface area (Å²) in [6.45, 7) is 6.67. The van der Waals surface area contributed by atoms with Crippen molar-refractivity contribution in [2.75, 3.05) is 0 Å². The lowest BCUT2D eigenvalue weighted by Crippen LogP contribution is -2.36. The molecule has 0 amide bonds. The average molecular weight is 170 g/mol. The summed E-state index contributed by atoms with van der Waals surface area (Å²) in [6.07, 6.45) is 4.89. The largest absolute Gasteiger partial charge is 0.393 e. The molecule has 1 fully saturated rings. The minimum atomic E-state index is -0.0336. The second-order valence-corrected chi connectivity index (χ2v) is 4.48. The van der Waals surface area contributed by atoms with E-state index in [-0.39, 0.29) is 6.10 Å². The van der Waals surface area contributed by atoms with E-state index in [9.17, 15) is 5.11 Å². The summed E-state index contributed by atoms with van der Waals surface area (Å²) in [5.41, 5.74) is 0. The van der Waals surface area contributed by atoms with Crippen molar-refractivity contribution in [2.24, 2.45) is 17.8 Å². The van der Waals surface area contributed by atoms with Gasteiger partial charge < -0.3 is 5.11 Å². The SMILES string of the molecule is CCCC1C(C)CCC(C)C1O. The van der Waals surface area contributed by atoms with Gasteiger partial charge in [-0.25, -0.2) is 0 Å². The fourth-order valence-electron chi connectivity index (χ4n) is 2.46. The van der Waals surface area contributed by atoms with Crippen LogP contribution in [0.1, 0.15) is 46.5 Å². The van der Waals surface area contributed by atoms with Crippen LogP contribution in [0.3, 0.4) is 0 Å². The molecular formula is C11H22O. The summed E-state index contributed by atoms with van der Waals surface area (Å²) >= 11 is 0. The highest BCUT2D eigenvalue weighted by molar-refractivity contribution is 4.83. The predicted molar refractivity (Wildman–Crippen MR) is 52.0 cm³/mol. The first-order chi connectivity index (χ1) is 5.66. The lowest BCUT2D eigenvalue weighted by Gasteiger charge is -2.37. The van der Waals surface area contributed by atoms with Crippen LogP contribution in [0.4, 0.5) is 0 Å². The molecule has 12 heavy (non-hydrogen) atoms. The highest BCUT2D eigenvalue weighted by Gasteiger charge is 2.32. The summed E-state index contributed by atoms with van der Waals surface area (Å²) in [5, 5.41) is 9.94. The quantitative estimate of drug-likeness (QED) is 0.675. The van der Waals surface area contributed by atoms with Crippen molar-refractivity contribution in [3.8, 4) is 0 Å². The van der Waals surface area contributed by atoms with Crippen molar-refractivity contribution in [3.63, 3.8) is 0 Å². The predicted octanol–water partition coefficient (Wildman–Crippen LogP) is 2.83. The van der Waals surface area contributed by atoms with E-state index in [0.717, 1.165) is 5.92 Å². The van der Waals surface area contributed by atoms with E-state index in [2.05, 4.69) is 20.8 Å². The van der Waals surface area contributed by atoms with E-state index in [1.165, 1.54) is 25.7 Å². The van der Waals surface area contributed by atoms with Crippen LogP contribution >= 0.6 is 0 Å². The minimum absolute atomic E-state index is 0.0336. The third kappa shape index (κ3) is 2.01. The molecule has 1 nitrogen and oxygen atoms in total. The van der Waals surface area contributed by atoms with Crippen molar-refractivity contribution in [2.45, 2.75) is 52.6 Å². The molecule has 0 bridgehead atoms. The van der Waals surface area contributed by atoms with Crippen LogP contribution in [0.15, 0.2) is 0 Å². The number of aliphatic hydroxyl groups excluding tert-OH is 1. The van der Waals surface area contributed by atoms with Crippen molar-refractivity contribution in [1.82, 2.24) is 0 Å². The van der Waals surface area contributed by atoms with Gasteiger partial charge in [-0.2, -0.15) is 0 Å². The maximum atomic E-state index is 9.94. The second-order valence-electron chi connectivity index (χ2n) is 4.48. The van der Waals surface area contributed by atoms with E-state index in [1.807, 2.05) is 0 Å². The number of hydrogen-bond acceptors (Lipinski definition) is 1. The number of aliphatic hydroxyl groups is 1. The standard InChI is InChI=1S/C11H22O/c1-4-5-10-8(2)6-7-9(3)11(10)12/h8-12H,4-7H2,1-3H3. The summed E-state index contributed by atoms with van der Waals surface area (Å²) in [7, 11) is 0. The Hall–Kier alpha value is -0.0400. The molecule has 0 heterocycles. The lowest BCUT2D eigenvalue weighted by molar-refractivity contribution is -0.00695. The Bertz CT molecular complexity index is 133. The van der Waals surface area contributed by atoms with Gasteiger partial charge in [0.1, 0.15) is 0 Å². The van der Waals surface area contributed by atoms with Gasteiger partial charge in [-0.15, -0.1) is 0 Å². The molecule has 1 heteroatoms. The van der Waals surface area contributed by atoms with Crippen molar-refractivity contribution >= 4 is 0 Å².